The third kappa shape index (κ3) is 3.89. The molecule has 2 N–H and O–H groups in total. The number of nitrogens with one attached hydrogen (secondary N) is 1. The van der Waals surface area contributed by atoms with Gasteiger partial charge in [0, 0.05) is 6.04 Å². The van der Waals surface area contributed by atoms with Crippen molar-refractivity contribution >= 4 is 17.5 Å². The zero-order valence-electron chi connectivity index (χ0n) is 8.24. The van der Waals surface area contributed by atoms with E-state index in [1.165, 1.54) is 12.4 Å². The molecule has 0 bridgehead atoms. The van der Waals surface area contributed by atoms with Crippen LogP contribution < -0.4 is 5.32 Å². The molecule has 0 saturated carbocycles. The van der Waals surface area contributed by atoms with E-state index in [4.69, 9.17) is 16.7 Å². The molecule has 1 heterocycles. The summed E-state index contributed by atoms with van der Waals surface area (Å²) in [5.41, 5.74) is 0. The highest BCUT2D eigenvalue weighted by Gasteiger charge is 2.06. The number of nitrogens with zero attached hydrogens (tertiary/aromatic N) is 2. The second-order valence-electron chi connectivity index (χ2n) is 3.35. The molecule has 2 atom stereocenters. The third-order valence-corrected chi connectivity index (χ3v) is 1.89. The van der Waals surface area contributed by atoms with Crippen LogP contribution in [-0.2, 0) is 0 Å². The highest BCUT2D eigenvalue weighted by Crippen LogP contribution is 2.08. The van der Waals surface area contributed by atoms with Gasteiger partial charge in [-0.25, -0.2) is 9.97 Å². The smallest absolute Gasteiger partial charge is 0.222 e. The third-order valence-electron chi connectivity index (χ3n) is 1.69. The Bertz CT molecular complexity index is 276. The van der Waals surface area contributed by atoms with E-state index in [1.54, 1.807) is 6.92 Å². The molecule has 0 amide bonds. The van der Waals surface area contributed by atoms with E-state index >= 15 is 0 Å². The van der Waals surface area contributed by atoms with Crippen molar-refractivity contribution in [3.8, 4) is 0 Å². The fraction of sp³-hybridized carbons (Fsp3) is 0.556. The summed E-state index contributed by atoms with van der Waals surface area (Å²) in [5.74, 6) is 0.530. The van der Waals surface area contributed by atoms with E-state index in [-0.39, 0.29) is 12.1 Å². The lowest BCUT2D eigenvalue weighted by Gasteiger charge is -2.14. The van der Waals surface area contributed by atoms with Crippen LogP contribution in [0.3, 0.4) is 0 Å². The number of anilines is 1. The molecule has 2 unspecified atom stereocenters. The number of rotatable bonds is 4. The second kappa shape index (κ2) is 5.12. The van der Waals surface area contributed by atoms with Crippen LogP contribution >= 0.6 is 11.6 Å². The van der Waals surface area contributed by atoms with Crippen molar-refractivity contribution in [1.29, 1.82) is 0 Å². The fourth-order valence-electron chi connectivity index (χ4n) is 1.18. The Balaban J connectivity index is 2.47. The van der Waals surface area contributed by atoms with Gasteiger partial charge in [-0.2, -0.15) is 0 Å². The molecule has 1 aromatic rings. The predicted octanol–water partition coefficient (Wildman–Crippen LogP) is 1.70. The molecule has 1 aromatic heterocycles. The van der Waals surface area contributed by atoms with Crippen molar-refractivity contribution < 1.29 is 5.11 Å². The molecule has 0 fully saturated rings. The largest absolute Gasteiger partial charge is 0.393 e. The first kappa shape index (κ1) is 11.2. The van der Waals surface area contributed by atoms with Crippen molar-refractivity contribution in [2.24, 2.45) is 0 Å². The van der Waals surface area contributed by atoms with Crippen LogP contribution in [0, 0.1) is 0 Å². The van der Waals surface area contributed by atoms with Gasteiger partial charge in [-0.3, -0.25) is 0 Å². The van der Waals surface area contributed by atoms with Gasteiger partial charge in [0.05, 0.1) is 23.5 Å². The zero-order valence-corrected chi connectivity index (χ0v) is 8.99. The van der Waals surface area contributed by atoms with E-state index in [0.29, 0.717) is 17.4 Å². The SMILES string of the molecule is CC(O)CC(C)Nc1ncc(Cl)cn1. The minimum atomic E-state index is -0.329. The normalized spacial score (nSPS) is 14.9. The number of hydrogen-bond acceptors (Lipinski definition) is 4. The first-order chi connectivity index (χ1) is 6.58. The summed E-state index contributed by atoms with van der Waals surface area (Å²) in [4.78, 5) is 7.98. The van der Waals surface area contributed by atoms with Gasteiger partial charge in [-0.1, -0.05) is 11.6 Å². The number of aliphatic hydroxyl groups is 1. The zero-order chi connectivity index (χ0) is 10.6. The Morgan fingerprint density at radius 1 is 1.43 bits per heavy atom. The maximum Gasteiger partial charge on any atom is 0.222 e. The first-order valence-corrected chi connectivity index (χ1v) is 4.88. The predicted molar refractivity (Wildman–Crippen MR) is 56.4 cm³/mol. The Morgan fingerprint density at radius 3 is 2.50 bits per heavy atom. The lowest BCUT2D eigenvalue weighted by Crippen LogP contribution is -2.21. The minimum absolute atomic E-state index is 0.135. The van der Waals surface area contributed by atoms with E-state index in [2.05, 4.69) is 15.3 Å². The molecule has 0 aromatic carbocycles. The van der Waals surface area contributed by atoms with Crippen LogP contribution in [-0.4, -0.2) is 27.2 Å². The Kier molecular flexibility index (Phi) is 4.10. The Morgan fingerprint density at radius 2 is 2.00 bits per heavy atom. The summed E-state index contributed by atoms with van der Waals surface area (Å²) in [6.07, 6.45) is 3.40. The van der Waals surface area contributed by atoms with Crippen LogP contribution in [0.4, 0.5) is 5.95 Å². The maximum atomic E-state index is 9.14. The van der Waals surface area contributed by atoms with Gasteiger partial charge in [0.15, 0.2) is 0 Å². The number of aromatic nitrogens is 2. The van der Waals surface area contributed by atoms with Crippen molar-refractivity contribution in [2.75, 3.05) is 5.32 Å². The average Bonchev–Trinajstić information content (AvgIpc) is 2.07. The molecular formula is C9H14ClN3O. The van der Waals surface area contributed by atoms with Gasteiger partial charge in [0.2, 0.25) is 5.95 Å². The molecule has 14 heavy (non-hydrogen) atoms. The van der Waals surface area contributed by atoms with Crippen molar-refractivity contribution in [1.82, 2.24) is 9.97 Å². The molecule has 0 radical (unpaired) electrons. The summed E-state index contributed by atoms with van der Waals surface area (Å²) in [6.45, 7) is 3.71. The molecular weight excluding hydrogens is 202 g/mol. The molecule has 0 saturated heterocycles. The molecule has 1 rings (SSSR count). The van der Waals surface area contributed by atoms with Crippen LogP contribution in [0.1, 0.15) is 20.3 Å². The molecule has 0 aliphatic carbocycles. The van der Waals surface area contributed by atoms with Gasteiger partial charge < -0.3 is 10.4 Å². The number of aliphatic hydroxyl groups excluding tert-OH is 1. The van der Waals surface area contributed by atoms with Gasteiger partial charge in [0.1, 0.15) is 0 Å². The fourth-order valence-corrected chi connectivity index (χ4v) is 1.28. The van der Waals surface area contributed by atoms with Crippen molar-refractivity contribution in [3.63, 3.8) is 0 Å². The summed E-state index contributed by atoms with van der Waals surface area (Å²) >= 11 is 5.64. The summed E-state index contributed by atoms with van der Waals surface area (Å²) < 4.78 is 0. The quantitative estimate of drug-likeness (QED) is 0.803. The standard InChI is InChI=1S/C9H14ClN3O/c1-6(3-7(2)14)13-9-11-4-8(10)5-12-9/h4-7,14H,3H2,1-2H3,(H,11,12,13). The molecule has 0 aliphatic rings. The minimum Gasteiger partial charge on any atom is -0.393 e. The number of hydrogen-bond donors (Lipinski definition) is 2. The average molecular weight is 216 g/mol. The van der Waals surface area contributed by atoms with Crippen LogP contribution in [0.5, 0.6) is 0 Å². The summed E-state index contributed by atoms with van der Waals surface area (Å²) in [6, 6.07) is 0.135. The van der Waals surface area contributed by atoms with Gasteiger partial charge in [-0.15, -0.1) is 0 Å². The van der Waals surface area contributed by atoms with Gasteiger partial charge >= 0.3 is 0 Å². The highest BCUT2D eigenvalue weighted by molar-refractivity contribution is 6.30. The van der Waals surface area contributed by atoms with E-state index in [1.807, 2.05) is 6.92 Å². The Hall–Kier alpha value is -0.870. The lowest BCUT2D eigenvalue weighted by molar-refractivity contribution is 0.179. The Labute approximate surface area is 88.3 Å². The molecule has 78 valence electrons. The summed E-state index contributed by atoms with van der Waals surface area (Å²) in [7, 11) is 0. The number of halogens is 1. The van der Waals surface area contributed by atoms with Crippen LogP contribution in [0.2, 0.25) is 5.02 Å². The molecule has 5 heteroatoms. The highest BCUT2D eigenvalue weighted by atomic mass is 35.5. The molecule has 4 nitrogen and oxygen atoms in total. The molecule has 0 spiro atoms. The van der Waals surface area contributed by atoms with Crippen molar-refractivity contribution in [2.45, 2.75) is 32.4 Å². The lowest BCUT2D eigenvalue weighted by atomic mass is 10.2. The molecule has 0 aliphatic heterocycles. The van der Waals surface area contributed by atoms with E-state index in [0.717, 1.165) is 0 Å². The van der Waals surface area contributed by atoms with Gasteiger partial charge in [0.25, 0.3) is 0 Å². The summed E-state index contributed by atoms with van der Waals surface area (Å²) in [5, 5.41) is 12.7. The van der Waals surface area contributed by atoms with E-state index in [9.17, 15) is 0 Å². The first-order valence-electron chi connectivity index (χ1n) is 4.50. The van der Waals surface area contributed by atoms with Crippen molar-refractivity contribution in [3.05, 3.63) is 17.4 Å². The maximum absolute atomic E-state index is 9.14. The van der Waals surface area contributed by atoms with E-state index < -0.39 is 0 Å². The van der Waals surface area contributed by atoms with Gasteiger partial charge in [-0.05, 0) is 20.3 Å². The van der Waals surface area contributed by atoms with Crippen LogP contribution in [0.15, 0.2) is 12.4 Å². The van der Waals surface area contributed by atoms with Crippen LogP contribution in [0.25, 0.3) is 0 Å². The topological polar surface area (TPSA) is 58.0 Å². The monoisotopic (exact) mass is 215 g/mol. The second-order valence-corrected chi connectivity index (χ2v) is 3.79.